The summed E-state index contributed by atoms with van der Waals surface area (Å²) in [7, 11) is 0. The van der Waals surface area contributed by atoms with E-state index >= 15 is 0 Å². The highest BCUT2D eigenvalue weighted by Crippen LogP contribution is 2.45. The van der Waals surface area contributed by atoms with Crippen LogP contribution in [0.2, 0.25) is 0 Å². The Morgan fingerprint density at radius 3 is 2.41 bits per heavy atom. The zero-order chi connectivity index (χ0) is 15.9. The van der Waals surface area contributed by atoms with Crippen LogP contribution in [-0.4, -0.2) is 32.8 Å². The SMILES string of the molecule is O=C1c2c(cc(O)c(O)c2O)OC[C@@H]1Cc1ccc(O)cc1. The first-order chi connectivity index (χ1) is 10.5. The molecule has 1 aliphatic heterocycles. The standard InChI is InChI=1S/C16H14O6/c17-10-3-1-8(2-4-10)5-9-7-22-12-6-11(18)15(20)16(21)13(12)14(9)19/h1-4,6,9,17-18,20-21H,5,7H2/t9-/m0/s1. The number of rotatable bonds is 2. The van der Waals surface area contributed by atoms with Crippen molar-refractivity contribution in [2.24, 2.45) is 5.92 Å². The van der Waals surface area contributed by atoms with E-state index in [1.165, 1.54) is 12.1 Å². The second kappa shape index (κ2) is 5.14. The minimum atomic E-state index is -0.735. The quantitative estimate of drug-likeness (QED) is 0.632. The number of phenols is 4. The van der Waals surface area contributed by atoms with Crippen molar-refractivity contribution in [3.8, 4) is 28.7 Å². The minimum absolute atomic E-state index is 0.0553. The van der Waals surface area contributed by atoms with Crippen molar-refractivity contribution < 1.29 is 30.0 Å². The molecule has 0 unspecified atom stereocenters. The third-order valence-corrected chi connectivity index (χ3v) is 3.69. The number of fused-ring (bicyclic) bond motifs is 1. The van der Waals surface area contributed by atoms with E-state index in [0.717, 1.165) is 11.6 Å². The summed E-state index contributed by atoms with van der Waals surface area (Å²) in [6.07, 6.45) is 0.375. The number of ether oxygens (including phenoxy) is 1. The number of hydrogen-bond acceptors (Lipinski definition) is 6. The second-order valence-electron chi connectivity index (χ2n) is 5.21. The van der Waals surface area contributed by atoms with E-state index in [4.69, 9.17) is 4.74 Å². The van der Waals surface area contributed by atoms with Crippen LogP contribution >= 0.6 is 0 Å². The Labute approximate surface area is 125 Å². The molecule has 0 fully saturated rings. The lowest BCUT2D eigenvalue weighted by molar-refractivity contribution is 0.0824. The molecule has 6 nitrogen and oxygen atoms in total. The van der Waals surface area contributed by atoms with E-state index in [0.29, 0.717) is 6.42 Å². The molecule has 6 heteroatoms. The van der Waals surface area contributed by atoms with Crippen LogP contribution in [0.15, 0.2) is 30.3 Å². The molecule has 0 aromatic heterocycles. The Hall–Kier alpha value is -2.89. The average Bonchev–Trinajstić information content (AvgIpc) is 2.50. The van der Waals surface area contributed by atoms with E-state index in [2.05, 4.69) is 0 Å². The normalized spacial score (nSPS) is 16.9. The average molecular weight is 302 g/mol. The Morgan fingerprint density at radius 1 is 1.05 bits per heavy atom. The van der Waals surface area contributed by atoms with Crippen LogP contribution in [0.25, 0.3) is 0 Å². The van der Waals surface area contributed by atoms with Crippen molar-refractivity contribution in [3.63, 3.8) is 0 Å². The van der Waals surface area contributed by atoms with Crippen LogP contribution < -0.4 is 4.74 Å². The number of ketones is 1. The van der Waals surface area contributed by atoms with Crippen LogP contribution in [0.5, 0.6) is 28.7 Å². The molecule has 0 aliphatic carbocycles. The van der Waals surface area contributed by atoms with Gasteiger partial charge in [-0.2, -0.15) is 0 Å². The number of aromatic hydroxyl groups is 4. The Bertz CT molecular complexity index is 735. The summed E-state index contributed by atoms with van der Waals surface area (Å²) in [5.41, 5.74) is 0.719. The fourth-order valence-corrected chi connectivity index (χ4v) is 2.51. The fourth-order valence-electron chi connectivity index (χ4n) is 2.51. The predicted molar refractivity (Wildman–Crippen MR) is 76.6 cm³/mol. The summed E-state index contributed by atoms with van der Waals surface area (Å²) in [4.78, 5) is 12.5. The maximum atomic E-state index is 12.5. The minimum Gasteiger partial charge on any atom is -0.508 e. The number of benzene rings is 2. The Balaban J connectivity index is 1.91. The van der Waals surface area contributed by atoms with Crippen molar-refractivity contribution in [1.29, 1.82) is 0 Å². The molecule has 1 heterocycles. The zero-order valence-electron chi connectivity index (χ0n) is 11.5. The molecular formula is C16H14O6. The van der Waals surface area contributed by atoms with Crippen molar-refractivity contribution in [1.82, 2.24) is 0 Å². The lowest BCUT2D eigenvalue weighted by Gasteiger charge is -2.25. The zero-order valence-corrected chi connectivity index (χ0v) is 11.5. The number of Topliss-reactive ketones (excluding diaryl/α,β-unsaturated/α-hetero) is 1. The van der Waals surface area contributed by atoms with Gasteiger partial charge in [-0.3, -0.25) is 4.79 Å². The molecule has 0 amide bonds. The molecule has 22 heavy (non-hydrogen) atoms. The number of phenolic OH excluding ortho intramolecular Hbond substituents is 4. The van der Waals surface area contributed by atoms with E-state index in [-0.39, 0.29) is 29.5 Å². The maximum absolute atomic E-state index is 12.5. The van der Waals surface area contributed by atoms with Crippen LogP contribution in [0.1, 0.15) is 15.9 Å². The third kappa shape index (κ3) is 2.28. The van der Waals surface area contributed by atoms with Gasteiger partial charge in [0.25, 0.3) is 0 Å². The van der Waals surface area contributed by atoms with Crippen LogP contribution in [-0.2, 0) is 6.42 Å². The summed E-state index contributed by atoms with van der Waals surface area (Å²) in [6, 6.07) is 7.56. The summed E-state index contributed by atoms with van der Waals surface area (Å²) in [5.74, 6) is -2.63. The van der Waals surface area contributed by atoms with Crippen molar-refractivity contribution >= 4 is 5.78 Å². The number of carbonyl (C=O) groups excluding carboxylic acids is 1. The number of hydrogen-bond donors (Lipinski definition) is 4. The van der Waals surface area contributed by atoms with Gasteiger partial charge >= 0.3 is 0 Å². The van der Waals surface area contributed by atoms with Crippen molar-refractivity contribution in [2.45, 2.75) is 6.42 Å². The van der Waals surface area contributed by atoms with Gasteiger partial charge in [0.15, 0.2) is 17.3 Å². The summed E-state index contributed by atoms with van der Waals surface area (Å²) < 4.78 is 5.42. The number of carbonyl (C=O) groups is 1. The topological polar surface area (TPSA) is 107 Å². The van der Waals surface area contributed by atoms with Gasteiger partial charge in [0, 0.05) is 6.07 Å². The van der Waals surface area contributed by atoms with E-state index in [9.17, 15) is 25.2 Å². The first-order valence-corrected chi connectivity index (χ1v) is 6.70. The highest BCUT2D eigenvalue weighted by Gasteiger charge is 2.34. The van der Waals surface area contributed by atoms with E-state index in [1.807, 2.05) is 0 Å². The highest BCUT2D eigenvalue weighted by atomic mass is 16.5. The third-order valence-electron chi connectivity index (χ3n) is 3.69. The second-order valence-corrected chi connectivity index (χ2v) is 5.21. The molecule has 114 valence electrons. The van der Waals surface area contributed by atoms with Gasteiger partial charge in [-0.05, 0) is 24.1 Å². The molecular weight excluding hydrogens is 288 g/mol. The van der Waals surface area contributed by atoms with Gasteiger partial charge in [0.1, 0.15) is 17.1 Å². The predicted octanol–water partition coefficient (Wildman–Crippen LogP) is 1.94. The molecule has 1 atom stereocenters. The van der Waals surface area contributed by atoms with Crippen LogP contribution in [0.3, 0.4) is 0 Å². The first-order valence-electron chi connectivity index (χ1n) is 6.70. The Kier molecular flexibility index (Phi) is 3.29. The molecule has 2 aromatic carbocycles. The van der Waals surface area contributed by atoms with Crippen LogP contribution in [0.4, 0.5) is 0 Å². The molecule has 0 saturated heterocycles. The molecule has 0 spiro atoms. The summed E-state index contributed by atoms with van der Waals surface area (Å²) in [5, 5.41) is 38.1. The van der Waals surface area contributed by atoms with Gasteiger partial charge in [0.2, 0.25) is 5.75 Å². The summed E-state index contributed by atoms with van der Waals surface area (Å²) in [6.45, 7) is 0.108. The molecule has 0 radical (unpaired) electrons. The van der Waals surface area contributed by atoms with Gasteiger partial charge in [-0.15, -0.1) is 0 Å². The van der Waals surface area contributed by atoms with E-state index in [1.54, 1.807) is 12.1 Å². The highest BCUT2D eigenvalue weighted by molar-refractivity contribution is 6.05. The molecule has 0 saturated carbocycles. The van der Waals surface area contributed by atoms with Crippen molar-refractivity contribution in [2.75, 3.05) is 6.61 Å². The monoisotopic (exact) mass is 302 g/mol. The lowest BCUT2D eigenvalue weighted by Crippen LogP contribution is -2.29. The first kappa shape index (κ1) is 14.1. The lowest BCUT2D eigenvalue weighted by atomic mass is 9.89. The fraction of sp³-hybridized carbons (Fsp3) is 0.188. The molecule has 2 aromatic rings. The van der Waals surface area contributed by atoms with Gasteiger partial charge in [-0.1, -0.05) is 12.1 Å². The van der Waals surface area contributed by atoms with Gasteiger partial charge in [-0.25, -0.2) is 0 Å². The van der Waals surface area contributed by atoms with Crippen molar-refractivity contribution in [3.05, 3.63) is 41.5 Å². The molecule has 4 N–H and O–H groups in total. The maximum Gasteiger partial charge on any atom is 0.201 e. The van der Waals surface area contributed by atoms with Crippen LogP contribution in [0, 0.1) is 5.92 Å². The Morgan fingerprint density at radius 2 is 1.73 bits per heavy atom. The smallest absolute Gasteiger partial charge is 0.201 e. The molecule has 3 rings (SSSR count). The largest absolute Gasteiger partial charge is 0.508 e. The van der Waals surface area contributed by atoms with Gasteiger partial charge < -0.3 is 25.2 Å². The molecule has 1 aliphatic rings. The molecule has 0 bridgehead atoms. The summed E-state index contributed by atoms with van der Waals surface area (Å²) >= 11 is 0. The van der Waals surface area contributed by atoms with Gasteiger partial charge in [0.05, 0.1) is 12.5 Å². The van der Waals surface area contributed by atoms with E-state index < -0.39 is 23.2 Å².